The van der Waals surface area contributed by atoms with Gasteiger partial charge in [-0.25, -0.2) is 14.2 Å². The van der Waals surface area contributed by atoms with Crippen LogP contribution in [0.2, 0.25) is 0 Å². The van der Waals surface area contributed by atoms with Crippen molar-refractivity contribution in [3.05, 3.63) is 47.4 Å². The van der Waals surface area contributed by atoms with Crippen molar-refractivity contribution in [2.24, 2.45) is 11.3 Å². The number of aromatic nitrogens is 1. The third-order valence-corrected chi connectivity index (χ3v) is 7.93. The molecule has 194 valence electrons. The first-order chi connectivity index (χ1) is 17.0. The van der Waals surface area contributed by atoms with Gasteiger partial charge in [0.25, 0.3) is 0 Å². The SMILES string of the molecule is CC(C)(C)Oc1cc(-c2cc3c(cc2F)C(NC(=O)O[C@@H]2CN4CCC2CC4)C(C)(C)CC3)ccn1. The smallest absolute Gasteiger partial charge is 0.407 e. The van der Waals surface area contributed by atoms with E-state index in [0.717, 1.165) is 62.0 Å². The van der Waals surface area contributed by atoms with E-state index in [-0.39, 0.29) is 23.4 Å². The van der Waals surface area contributed by atoms with Crippen molar-refractivity contribution in [3.8, 4) is 17.0 Å². The second kappa shape index (κ2) is 9.33. The Bertz CT molecular complexity index is 1140. The number of benzene rings is 1. The zero-order valence-corrected chi connectivity index (χ0v) is 22.1. The second-order valence-electron chi connectivity index (χ2n) is 12.3. The molecule has 1 aliphatic carbocycles. The Morgan fingerprint density at radius 3 is 2.61 bits per heavy atom. The molecule has 0 spiro atoms. The molecule has 3 fully saturated rings. The molecule has 2 bridgehead atoms. The molecule has 2 aromatic rings. The summed E-state index contributed by atoms with van der Waals surface area (Å²) in [6.45, 7) is 13.1. The van der Waals surface area contributed by atoms with Crippen LogP contribution in [0.15, 0.2) is 30.5 Å². The number of fused-ring (bicyclic) bond motifs is 4. The fraction of sp³-hybridized carbons (Fsp3) is 0.586. The highest BCUT2D eigenvalue weighted by molar-refractivity contribution is 5.70. The normalized spacial score (nSPS) is 26.7. The molecule has 4 aliphatic rings. The maximum absolute atomic E-state index is 15.6. The van der Waals surface area contributed by atoms with Crippen LogP contribution < -0.4 is 10.1 Å². The molecule has 3 aliphatic heterocycles. The predicted molar refractivity (Wildman–Crippen MR) is 137 cm³/mol. The molecule has 1 amide bonds. The Balaban J connectivity index is 1.38. The van der Waals surface area contributed by atoms with Gasteiger partial charge in [-0.05, 0) is 106 Å². The first-order valence-electron chi connectivity index (χ1n) is 13.2. The molecule has 1 aromatic heterocycles. The number of aryl methyl sites for hydroxylation is 1. The van der Waals surface area contributed by atoms with Crippen LogP contribution in [0.5, 0.6) is 5.88 Å². The average Bonchev–Trinajstić information content (AvgIpc) is 2.81. The van der Waals surface area contributed by atoms with Crippen LogP contribution in [0.4, 0.5) is 9.18 Å². The standard InChI is InChI=1S/C29H38FN3O3/c1-28(2,3)36-25-15-20(7-11-31-25)21-14-19-6-10-29(4,5)26(22(19)16-23(21)30)32-27(34)35-24-17-33-12-8-18(24)9-13-33/h7,11,14-16,18,24,26H,6,8-10,12-13,17H2,1-5H3,(H,32,34)/t24-,26?/m1/s1. The van der Waals surface area contributed by atoms with E-state index in [1.54, 1.807) is 24.4 Å². The molecule has 6 nitrogen and oxygen atoms in total. The lowest BCUT2D eigenvalue weighted by atomic mass is 9.70. The van der Waals surface area contributed by atoms with Crippen molar-refractivity contribution < 1.29 is 18.7 Å². The van der Waals surface area contributed by atoms with Gasteiger partial charge in [0.2, 0.25) is 5.88 Å². The molecular weight excluding hydrogens is 457 g/mol. The average molecular weight is 496 g/mol. The highest BCUT2D eigenvalue weighted by atomic mass is 19.1. The second-order valence-corrected chi connectivity index (χ2v) is 12.3. The van der Waals surface area contributed by atoms with Crippen molar-refractivity contribution in [3.63, 3.8) is 0 Å². The highest BCUT2D eigenvalue weighted by Gasteiger charge is 2.40. The van der Waals surface area contributed by atoms with E-state index in [0.29, 0.717) is 17.4 Å². The Morgan fingerprint density at radius 1 is 1.19 bits per heavy atom. The van der Waals surface area contributed by atoms with Gasteiger partial charge in [0, 0.05) is 24.4 Å². The number of alkyl carbamates (subject to hydrolysis) is 1. The number of pyridine rings is 1. The van der Waals surface area contributed by atoms with E-state index in [1.807, 2.05) is 26.8 Å². The molecule has 1 N–H and O–H groups in total. The third kappa shape index (κ3) is 5.22. The van der Waals surface area contributed by atoms with Gasteiger partial charge in [0.05, 0.1) is 6.04 Å². The number of piperidine rings is 3. The Morgan fingerprint density at radius 2 is 1.94 bits per heavy atom. The molecule has 1 unspecified atom stereocenters. The Kier molecular flexibility index (Phi) is 6.48. The number of amides is 1. The molecule has 0 saturated carbocycles. The van der Waals surface area contributed by atoms with Gasteiger partial charge < -0.3 is 14.8 Å². The third-order valence-electron chi connectivity index (χ3n) is 7.93. The number of carbonyl (C=O) groups is 1. The van der Waals surface area contributed by atoms with Crippen LogP contribution in [0.25, 0.3) is 11.1 Å². The van der Waals surface area contributed by atoms with Gasteiger partial charge in [0.1, 0.15) is 17.5 Å². The number of ether oxygens (including phenoxy) is 2. The van der Waals surface area contributed by atoms with E-state index in [4.69, 9.17) is 9.47 Å². The van der Waals surface area contributed by atoms with Crippen LogP contribution in [0, 0.1) is 17.2 Å². The fourth-order valence-electron chi connectivity index (χ4n) is 5.92. The summed E-state index contributed by atoms with van der Waals surface area (Å²) in [6.07, 6.45) is 5.05. The van der Waals surface area contributed by atoms with Crippen LogP contribution in [-0.2, 0) is 11.2 Å². The summed E-state index contributed by atoms with van der Waals surface area (Å²) in [5.41, 5.74) is 2.50. The maximum Gasteiger partial charge on any atom is 0.407 e. The molecule has 36 heavy (non-hydrogen) atoms. The fourth-order valence-corrected chi connectivity index (χ4v) is 5.92. The van der Waals surface area contributed by atoms with Gasteiger partial charge in [-0.1, -0.05) is 13.8 Å². The van der Waals surface area contributed by atoms with Gasteiger partial charge in [0.15, 0.2) is 0 Å². The molecular formula is C29H38FN3O3. The monoisotopic (exact) mass is 495 g/mol. The minimum Gasteiger partial charge on any atom is -0.472 e. The first-order valence-corrected chi connectivity index (χ1v) is 13.2. The van der Waals surface area contributed by atoms with E-state index in [2.05, 4.69) is 29.0 Å². The lowest BCUT2D eigenvalue weighted by Crippen LogP contribution is -2.53. The molecule has 2 atom stereocenters. The predicted octanol–water partition coefficient (Wildman–Crippen LogP) is 5.90. The number of halogens is 1. The number of nitrogens with one attached hydrogen (secondary N) is 1. The van der Waals surface area contributed by atoms with Crippen LogP contribution in [0.1, 0.15) is 71.0 Å². The summed E-state index contributed by atoms with van der Waals surface area (Å²) in [5, 5.41) is 3.12. The van der Waals surface area contributed by atoms with E-state index in [9.17, 15) is 4.79 Å². The first kappa shape index (κ1) is 25.0. The van der Waals surface area contributed by atoms with Crippen molar-refractivity contribution >= 4 is 6.09 Å². The number of hydrogen-bond acceptors (Lipinski definition) is 5. The maximum atomic E-state index is 15.6. The Hall–Kier alpha value is -2.67. The quantitative estimate of drug-likeness (QED) is 0.572. The van der Waals surface area contributed by atoms with Crippen LogP contribution in [0.3, 0.4) is 0 Å². The van der Waals surface area contributed by atoms with Crippen LogP contribution >= 0.6 is 0 Å². The van der Waals surface area contributed by atoms with Gasteiger partial charge in [-0.3, -0.25) is 4.90 Å². The number of carbonyl (C=O) groups excluding carboxylic acids is 1. The molecule has 0 radical (unpaired) electrons. The number of hydrogen-bond donors (Lipinski definition) is 1. The largest absolute Gasteiger partial charge is 0.472 e. The van der Waals surface area contributed by atoms with Gasteiger partial charge >= 0.3 is 6.09 Å². The van der Waals surface area contributed by atoms with E-state index >= 15 is 4.39 Å². The van der Waals surface area contributed by atoms with E-state index < -0.39 is 11.7 Å². The summed E-state index contributed by atoms with van der Waals surface area (Å²) >= 11 is 0. The summed E-state index contributed by atoms with van der Waals surface area (Å²) in [5.74, 6) is 0.588. The van der Waals surface area contributed by atoms with E-state index in [1.165, 1.54) is 0 Å². The lowest BCUT2D eigenvalue weighted by Gasteiger charge is -2.44. The Labute approximate surface area is 213 Å². The minimum atomic E-state index is -0.401. The molecule has 6 rings (SSSR count). The summed E-state index contributed by atoms with van der Waals surface area (Å²) < 4.78 is 27.4. The van der Waals surface area contributed by atoms with Gasteiger partial charge in [-0.15, -0.1) is 0 Å². The summed E-state index contributed by atoms with van der Waals surface area (Å²) in [6, 6.07) is 6.77. The van der Waals surface area contributed by atoms with Gasteiger partial charge in [-0.2, -0.15) is 0 Å². The lowest BCUT2D eigenvalue weighted by molar-refractivity contribution is -0.0353. The van der Waals surface area contributed by atoms with Crippen molar-refractivity contribution in [2.75, 3.05) is 19.6 Å². The number of nitrogens with zero attached hydrogens (tertiary/aromatic N) is 2. The summed E-state index contributed by atoms with van der Waals surface area (Å²) in [7, 11) is 0. The van der Waals surface area contributed by atoms with Crippen molar-refractivity contribution in [2.45, 2.75) is 78.0 Å². The molecule has 3 saturated heterocycles. The highest BCUT2D eigenvalue weighted by Crippen LogP contribution is 2.45. The molecule has 4 heterocycles. The minimum absolute atomic E-state index is 0.0611. The zero-order chi connectivity index (χ0) is 25.7. The van der Waals surface area contributed by atoms with Crippen LogP contribution in [-0.4, -0.2) is 47.3 Å². The van der Waals surface area contributed by atoms with Crippen molar-refractivity contribution in [1.29, 1.82) is 0 Å². The molecule has 1 aromatic carbocycles. The number of rotatable bonds is 4. The topological polar surface area (TPSA) is 63.7 Å². The van der Waals surface area contributed by atoms with Crippen molar-refractivity contribution in [1.82, 2.24) is 15.2 Å². The summed E-state index contributed by atoms with van der Waals surface area (Å²) in [4.78, 5) is 19.7. The zero-order valence-electron chi connectivity index (χ0n) is 22.1. The molecule has 7 heteroatoms.